The number of esters is 2. The number of alkyl halides is 2. The highest BCUT2D eigenvalue weighted by molar-refractivity contribution is 5.67. The molecule has 0 bridgehead atoms. The van der Waals surface area contributed by atoms with Crippen molar-refractivity contribution < 1.29 is 37.3 Å². The largest absolute Gasteiger partial charge is 0.458 e. The van der Waals surface area contributed by atoms with Crippen molar-refractivity contribution in [1.29, 1.82) is 0 Å². The molecule has 0 unspecified atom stereocenters. The summed E-state index contributed by atoms with van der Waals surface area (Å²) in [5, 5.41) is 13.6. The van der Waals surface area contributed by atoms with E-state index in [1.165, 1.54) is 0 Å². The maximum atomic E-state index is 14.9. The highest BCUT2D eigenvalue weighted by Gasteiger charge is 2.58. The number of halogens is 2. The Hall–Kier alpha value is -4.04. The van der Waals surface area contributed by atoms with Gasteiger partial charge in [-0.1, -0.05) is 27.4 Å². The van der Waals surface area contributed by atoms with Gasteiger partial charge in [0.2, 0.25) is 0 Å². The number of ether oxygens (including phenoxy) is 4. The highest BCUT2D eigenvalue weighted by Crippen LogP contribution is 2.43. The van der Waals surface area contributed by atoms with Gasteiger partial charge in [-0.3, -0.25) is 9.59 Å². The molecule has 1 aliphatic carbocycles. The van der Waals surface area contributed by atoms with E-state index < -0.39 is 79.2 Å². The molecule has 2 fully saturated rings. The first-order valence-electron chi connectivity index (χ1n) is 10.7. The van der Waals surface area contributed by atoms with Crippen molar-refractivity contribution in [1.82, 2.24) is 0 Å². The molecule has 0 N–H and O–H groups in total. The van der Waals surface area contributed by atoms with E-state index in [0.717, 1.165) is 20.8 Å². The first kappa shape index (κ1) is 29.2. The molecular weight excluding hydrogens is 506 g/mol. The Morgan fingerprint density at radius 3 is 1.97 bits per heavy atom. The zero-order valence-corrected chi connectivity index (χ0v) is 19.7. The summed E-state index contributed by atoms with van der Waals surface area (Å²) in [4.78, 5) is 34.1. The second kappa shape index (κ2) is 12.8. The molecule has 1 aliphatic heterocycles. The van der Waals surface area contributed by atoms with Crippen LogP contribution in [-0.4, -0.2) is 73.2 Å². The zero-order valence-electron chi connectivity index (χ0n) is 19.7. The minimum absolute atomic E-state index is 0.263. The third kappa shape index (κ3) is 6.80. The Kier molecular flexibility index (Phi) is 10.1. The van der Waals surface area contributed by atoms with Crippen LogP contribution in [0.3, 0.4) is 0 Å². The summed E-state index contributed by atoms with van der Waals surface area (Å²) >= 11 is 0. The fourth-order valence-electron chi connectivity index (χ4n) is 4.18. The summed E-state index contributed by atoms with van der Waals surface area (Å²) in [5.41, 5.74) is 35.6. The lowest BCUT2D eigenvalue weighted by Gasteiger charge is -2.47. The molecule has 0 spiro atoms. The summed E-state index contributed by atoms with van der Waals surface area (Å²) in [5.74, 6) is -7.04. The van der Waals surface area contributed by atoms with E-state index in [-0.39, 0.29) is 6.42 Å². The van der Waals surface area contributed by atoms with Crippen molar-refractivity contribution in [2.24, 2.45) is 26.4 Å². The van der Waals surface area contributed by atoms with Gasteiger partial charge in [0.15, 0.2) is 12.4 Å². The number of carbonyl (C=O) groups is 2. The minimum Gasteiger partial charge on any atom is -0.458 e. The molecule has 18 nitrogen and oxygen atoms in total. The van der Waals surface area contributed by atoms with Gasteiger partial charge in [-0.25, -0.2) is 8.78 Å². The van der Waals surface area contributed by atoms with Crippen molar-refractivity contribution in [2.45, 2.75) is 81.9 Å². The molecule has 0 aromatic heterocycles. The summed E-state index contributed by atoms with van der Waals surface area (Å²) in [6.45, 7) is 2.32. The molecule has 1 heterocycles. The predicted molar refractivity (Wildman–Crippen MR) is 116 cm³/mol. The van der Waals surface area contributed by atoms with Crippen LogP contribution in [0.4, 0.5) is 8.78 Å². The lowest BCUT2D eigenvalue weighted by atomic mass is 9.83. The molecular formula is C17H22F2N12O6. The van der Waals surface area contributed by atoms with Crippen LogP contribution in [0.15, 0.2) is 20.5 Å². The summed E-state index contributed by atoms with van der Waals surface area (Å²) in [6, 6.07) is -4.07. The molecule has 0 aromatic rings. The Labute approximate surface area is 206 Å². The quantitative estimate of drug-likeness (QED) is 0.184. The molecule has 0 amide bonds. The van der Waals surface area contributed by atoms with Gasteiger partial charge < -0.3 is 18.9 Å². The van der Waals surface area contributed by atoms with Gasteiger partial charge in [-0.05, 0) is 28.5 Å². The monoisotopic (exact) mass is 528 g/mol. The maximum Gasteiger partial charge on any atom is 0.303 e. The number of carbonyl (C=O) groups excluding carboxylic acids is 2. The molecule has 37 heavy (non-hydrogen) atoms. The molecule has 9 atom stereocenters. The molecule has 0 radical (unpaired) electrons. The Morgan fingerprint density at radius 2 is 1.46 bits per heavy atom. The highest BCUT2D eigenvalue weighted by atomic mass is 19.3. The first-order valence-corrected chi connectivity index (χ1v) is 10.7. The van der Waals surface area contributed by atoms with Crippen LogP contribution in [0, 0.1) is 5.92 Å². The molecule has 200 valence electrons. The van der Waals surface area contributed by atoms with E-state index in [1.54, 1.807) is 0 Å². The second-order valence-corrected chi connectivity index (χ2v) is 8.09. The Bertz CT molecular complexity index is 1060. The van der Waals surface area contributed by atoms with Crippen molar-refractivity contribution in [3.8, 4) is 0 Å². The molecule has 2 aliphatic rings. The van der Waals surface area contributed by atoms with E-state index in [9.17, 15) is 18.4 Å². The molecule has 1 saturated heterocycles. The lowest BCUT2D eigenvalue weighted by Crippen LogP contribution is -2.63. The van der Waals surface area contributed by atoms with Gasteiger partial charge in [-0.2, -0.15) is 0 Å². The van der Waals surface area contributed by atoms with Crippen molar-refractivity contribution in [3.05, 3.63) is 41.8 Å². The van der Waals surface area contributed by atoms with Crippen molar-refractivity contribution in [3.63, 3.8) is 0 Å². The third-order valence-corrected chi connectivity index (χ3v) is 5.81. The van der Waals surface area contributed by atoms with Crippen LogP contribution >= 0.6 is 0 Å². The van der Waals surface area contributed by atoms with Gasteiger partial charge in [0.1, 0.15) is 18.3 Å². The average Bonchev–Trinajstić information content (AvgIpc) is 2.82. The van der Waals surface area contributed by atoms with Crippen LogP contribution in [-0.2, 0) is 28.5 Å². The number of azide groups is 4. The molecule has 1 saturated carbocycles. The molecule has 0 aromatic carbocycles. The van der Waals surface area contributed by atoms with E-state index in [0.29, 0.717) is 0 Å². The van der Waals surface area contributed by atoms with E-state index in [2.05, 4.69) is 40.1 Å². The van der Waals surface area contributed by atoms with Crippen LogP contribution in [0.5, 0.6) is 0 Å². The van der Waals surface area contributed by atoms with Gasteiger partial charge in [0.25, 0.3) is 5.92 Å². The molecule has 20 heteroatoms. The van der Waals surface area contributed by atoms with Crippen LogP contribution < -0.4 is 0 Å². The lowest BCUT2D eigenvalue weighted by molar-refractivity contribution is -0.313. The number of hydrogen-bond acceptors (Lipinski definition) is 10. The summed E-state index contributed by atoms with van der Waals surface area (Å²) in [6.07, 6.45) is -8.49. The van der Waals surface area contributed by atoms with Gasteiger partial charge >= 0.3 is 11.9 Å². The van der Waals surface area contributed by atoms with Crippen LogP contribution in [0.25, 0.3) is 41.8 Å². The summed E-state index contributed by atoms with van der Waals surface area (Å²) in [7, 11) is 0. The first-order chi connectivity index (χ1) is 17.5. The zero-order chi connectivity index (χ0) is 27.8. The SMILES string of the molecule is CC(=O)O[C@@H]1[C@@H](OC(C)=O)[C@H](N=[N+]=[N-])C[C@H](N=[N+]=[N-])[C@H]1O[C@H]1O[C@H](CN=[N+]=[N-])C(F)(F)[C@H](C)[C@H]1N=[N+]=[N-]. The number of rotatable bonds is 9. The Morgan fingerprint density at radius 1 is 0.919 bits per heavy atom. The fourth-order valence-corrected chi connectivity index (χ4v) is 4.18. The average molecular weight is 528 g/mol. The molecule has 2 rings (SSSR count). The second-order valence-electron chi connectivity index (χ2n) is 8.09. The number of hydrogen-bond donors (Lipinski definition) is 0. The standard InChI is InChI=1S/C17H22F2N12O6/c1-6-12(27-31-23)16(36-11(5-24-28-20)17(6,18)19)37-14-10(26-30-22)4-9(25-29-21)13(34-7(2)32)15(14)35-8(3)33/h6,9-16H,4-5H2,1-3H3/t6-,9-,10+,11-,12-,13+,14-,15-,16-/m1/s1. The summed E-state index contributed by atoms with van der Waals surface area (Å²) < 4.78 is 51.5. The Balaban J connectivity index is 2.59. The van der Waals surface area contributed by atoms with Gasteiger partial charge in [-0.15, -0.1) is 0 Å². The van der Waals surface area contributed by atoms with E-state index >= 15 is 0 Å². The van der Waals surface area contributed by atoms with E-state index in [4.69, 9.17) is 41.1 Å². The predicted octanol–water partition coefficient (Wildman–Crippen LogP) is 3.98. The number of nitrogens with zero attached hydrogens (tertiary/aromatic N) is 12. The normalized spacial score (nSPS) is 34.2. The van der Waals surface area contributed by atoms with Crippen LogP contribution in [0.1, 0.15) is 27.2 Å². The smallest absolute Gasteiger partial charge is 0.303 e. The van der Waals surface area contributed by atoms with Gasteiger partial charge in [0.05, 0.1) is 24.7 Å². The van der Waals surface area contributed by atoms with Crippen molar-refractivity contribution in [2.75, 3.05) is 6.54 Å². The topological polar surface area (TPSA) is 266 Å². The fraction of sp³-hybridized carbons (Fsp3) is 0.882. The van der Waals surface area contributed by atoms with Crippen LogP contribution in [0.2, 0.25) is 0 Å². The van der Waals surface area contributed by atoms with Crippen molar-refractivity contribution >= 4 is 11.9 Å². The maximum absolute atomic E-state index is 14.9. The van der Waals surface area contributed by atoms with E-state index in [1.807, 2.05) is 0 Å². The third-order valence-electron chi connectivity index (χ3n) is 5.81. The van der Waals surface area contributed by atoms with Gasteiger partial charge in [0, 0.05) is 39.4 Å². The minimum atomic E-state index is -3.62.